The summed E-state index contributed by atoms with van der Waals surface area (Å²) >= 11 is 2.15. The third-order valence-electron chi connectivity index (χ3n) is 3.71. The number of amides is 2. The molecule has 0 aliphatic carbocycles. The van der Waals surface area contributed by atoms with Gasteiger partial charge in [-0.1, -0.05) is 12.1 Å². The summed E-state index contributed by atoms with van der Waals surface area (Å²) in [6, 6.07) is 10.6. The SMILES string of the molecule is COc1ccccc1NC(=O)CC(=O)NN=Cc1cc(I)c(OC(C)C)c(OC)c1. The normalized spacial score (nSPS) is 10.7. The van der Waals surface area contributed by atoms with Gasteiger partial charge in [-0.15, -0.1) is 0 Å². The fraction of sp³-hybridized carbons (Fsp3) is 0.286. The Balaban J connectivity index is 1.95. The summed E-state index contributed by atoms with van der Waals surface area (Å²) in [5.41, 5.74) is 3.55. The van der Waals surface area contributed by atoms with E-state index in [2.05, 4.69) is 38.4 Å². The predicted octanol–water partition coefficient (Wildman–Crippen LogP) is 3.57. The van der Waals surface area contributed by atoms with Crippen molar-refractivity contribution in [3.05, 3.63) is 45.5 Å². The maximum atomic E-state index is 12.1. The van der Waals surface area contributed by atoms with Gasteiger partial charge in [0.05, 0.1) is 35.8 Å². The number of nitrogens with one attached hydrogen (secondary N) is 2. The van der Waals surface area contributed by atoms with Crippen LogP contribution >= 0.6 is 22.6 Å². The molecule has 0 unspecified atom stereocenters. The van der Waals surface area contributed by atoms with Gasteiger partial charge in [0.25, 0.3) is 0 Å². The van der Waals surface area contributed by atoms with Crippen LogP contribution in [0, 0.1) is 3.57 Å². The summed E-state index contributed by atoms with van der Waals surface area (Å²) in [7, 11) is 3.06. The number of anilines is 1. The van der Waals surface area contributed by atoms with Gasteiger partial charge in [0.1, 0.15) is 12.2 Å². The molecule has 0 aliphatic rings. The second-order valence-corrected chi connectivity index (χ2v) is 7.58. The summed E-state index contributed by atoms with van der Waals surface area (Å²) < 4.78 is 17.2. The van der Waals surface area contributed by atoms with Gasteiger partial charge in [-0.3, -0.25) is 9.59 Å². The Labute approximate surface area is 189 Å². The molecule has 9 heteroatoms. The lowest BCUT2D eigenvalue weighted by atomic mass is 10.2. The standard InChI is InChI=1S/C21H24IN3O5/c1-13(2)30-21-15(22)9-14(10-18(21)29-4)12-23-25-20(27)11-19(26)24-16-7-5-6-8-17(16)28-3/h5-10,12-13H,11H2,1-4H3,(H,24,26)(H,25,27). The topological polar surface area (TPSA) is 98.2 Å². The van der Waals surface area contributed by atoms with Crippen LogP contribution in [0.3, 0.4) is 0 Å². The van der Waals surface area contributed by atoms with Crippen molar-refractivity contribution in [3.8, 4) is 17.2 Å². The van der Waals surface area contributed by atoms with E-state index in [4.69, 9.17) is 14.2 Å². The highest BCUT2D eigenvalue weighted by Gasteiger charge is 2.13. The van der Waals surface area contributed by atoms with Crippen LogP contribution in [0.4, 0.5) is 5.69 Å². The van der Waals surface area contributed by atoms with Crippen LogP contribution in [0.1, 0.15) is 25.8 Å². The first-order valence-corrected chi connectivity index (χ1v) is 10.2. The Morgan fingerprint density at radius 3 is 2.47 bits per heavy atom. The lowest BCUT2D eigenvalue weighted by Crippen LogP contribution is -2.24. The molecule has 0 atom stereocenters. The smallest absolute Gasteiger partial charge is 0.249 e. The molecule has 0 saturated heterocycles. The summed E-state index contributed by atoms with van der Waals surface area (Å²) in [5.74, 6) is 0.721. The van der Waals surface area contributed by atoms with E-state index < -0.39 is 11.8 Å². The largest absolute Gasteiger partial charge is 0.495 e. The van der Waals surface area contributed by atoms with E-state index in [1.54, 1.807) is 37.4 Å². The maximum Gasteiger partial charge on any atom is 0.249 e. The van der Waals surface area contributed by atoms with Crippen molar-refractivity contribution in [2.75, 3.05) is 19.5 Å². The van der Waals surface area contributed by atoms with Gasteiger partial charge < -0.3 is 19.5 Å². The minimum absolute atomic E-state index is 0.00761. The number of hydrogen-bond acceptors (Lipinski definition) is 6. The molecule has 2 N–H and O–H groups in total. The van der Waals surface area contributed by atoms with Gasteiger partial charge in [-0.05, 0) is 66.3 Å². The van der Waals surface area contributed by atoms with Crippen LogP contribution in [0.15, 0.2) is 41.5 Å². The highest BCUT2D eigenvalue weighted by atomic mass is 127. The molecule has 2 amide bonds. The third kappa shape index (κ3) is 6.90. The lowest BCUT2D eigenvalue weighted by molar-refractivity contribution is -0.126. The average Bonchev–Trinajstić information content (AvgIpc) is 2.69. The Morgan fingerprint density at radius 1 is 1.10 bits per heavy atom. The quantitative estimate of drug-likeness (QED) is 0.226. The van der Waals surface area contributed by atoms with Gasteiger partial charge in [0.15, 0.2) is 11.5 Å². The molecular formula is C21H24IN3O5. The number of halogens is 1. The summed E-state index contributed by atoms with van der Waals surface area (Å²) in [4.78, 5) is 24.1. The maximum absolute atomic E-state index is 12.1. The first-order valence-electron chi connectivity index (χ1n) is 9.13. The molecule has 0 aromatic heterocycles. The van der Waals surface area contributed by atoms with Crippen molar-refractivity contribution < 1.29 is 23.8 Å². The van der Waals surface area contributed by atoms with Gasteiger partial charge in [0.2, 0.25) is 11.8 Å². The van der Waals surface area contributed by atoms with Crippen molar-refractivity contribution in [2.45, 2.75) is 26.4 Å². The first kappa shape index (κ1) is 23.5. The van der Waals surface area contributed by atoms with E-state index in [1.807, 2.05) is 19.9 Å². The molecule has 8 nitrogen and oxygen atoms in total. The third-order valence-corrected chi connectivity index (χ3v) is 4.51. The van der Waals surface area contributed by atoms with Crippen molar-refractivity contribution in [1.82, 2.24) is 5.43 Å². The number of hydrogen-bond donors (Lipinski definition) is 2. The zero-order valence-electron chi connectivity index (χ0n) is 17.2. The minimum Gasteiger partial charge on any atom is -0.495 e. The van der Waals surface area contributed by atoms with E-state index in [1.165, 1.54) is 13.3 Å². The molecule has 0 saturated carbocycles. The van der Waals surface area contributed by atoms with Crippen LogP contribution in [0.25, 0.3) is 0 Å². The highest BCUT2D eigenvalue weighted by molar-refractivity contribution is 14.1. The number of methoxy groups -OCH3 is 2. The predicted molar refractivity (Wildman–Crippen MR) is 123 cm³/mol. The van der Waals surface area contributed by atoms with Crippen molar-refractivity contribution >= 4 is 46.3 Å². The number of carbonyl (C=O) groups is 2. The summed E-state index contributed by atoms with van der Waals surface area (Å²) in [6.07, 6.45) is 1.10. The lowest BCUT2D eigenvalue weighted by Gasteiger charge is -2.15. The molecule has 0 fully saturated rings. The summed E-state index contributed by atoms with van der Waals surface area (Å²) in [6.45, 7) is 3.87. The van der Waals surface area contributed by atoms with Gasteiger partial charge >= 0.3 is 0 Å². The van der Waals surface area contributed by atoms with Gasteiger partial charge in [-0.2, -0.15) is 5.10 Å². The number of nitrogens with zero attached hydrogens (tertiary/aromatic N) is 1. The number of ether oxygens (including phenoxy) is 3. The van der Waals surface area contributed by atoms with Crippen molar-refractivity contribution in [2.24, 2.45) is 5.10 Å². The highest BCUT2D eigenvalue weighted by Crippen LogP contribution is 2.34. The second kappa shape index (κ2) is 11.4. The van der Waals surface area contributed by atoms with Crippen molar-refractivity contribution in [1.29, 1.82) is 0 Å². The van der Waals surface area contributed by atoms with Crippen LogP contribution in [0.5, 0.6) is 17.2 Å². The Hall–Kier alpha value is -2.82. The van der Waals surface area contributed by atoms with Gasteiger partial charge in [-0.25, -0.2) is 5.43 Å². The molecular weight excluding hydrogens is 501 g/mol. The van der Waals surface area contributed by atoms with Crippen LogP contribution in [-0.4, -0.2) is 38.4 Å². The molecule has 2 aromatic rings. The number of rotatable bonds is 9. The van der Waals surface area contributed by atoms with Crippen LogP contribution in [0.2, 0.25) is 0 Å². The molecule has 30 heavy (non-hydrogen) atoms. The van der Waals surface area contributed by atoms with E-state index in [0.717, 1.165) is 3.57 Å². The molecule has 2 aromatic carbocycles. The molecule has 0 aliphatic heterocycles. The molecule has 160 valence electrons. The fourth-order valence-electron chi connectivity index (χ4n) is 2.47. The number of hydrazone groups is 1. The number of para-hydroxylation sites is 2. The fourth-order valence-corrected chi connectivity index (χ4v) is 3.22. The molecule has 0 heterocycles. The van der Waals surface area contributed by atoms with Crippen LogP contribution < -0.4 is 25.0 Å². The average molecular weight is 525 g/mol. The van der Waals surface area contributed by atoms with E-state index in [-0.39, 0.29) is 12.5 Å². The Bertz CT molecular complexity index is 931. The molecule has 0 bridgehead atoms. The minimum atomic E-state index is -0.542. The van der Waals surface area contributed by atoms with Gasteiger partial charge in [0, 0.05) is 0 Å². The molecule has 0 radical (unpaired) electrons. The Kier molecular flexibility index (Phi) is 8.90. The van der Waals surface area contributed by atoms with Crippen molar-refractivity contribution in [3.63, 3.8) is 0 Å². The van der Waals surface area contributed by atoms with E-state index in [0.29, 0.717) is 28.5 Å². The zero-order chi connectivity index (χ0) is 22.1. The zero-order valence-corrected chi connectivity index (χ0v) is 19.3. The number of carbonyl (C=O) groups excluding carboxylic acids is 2. The Morgan fingerprint density at radius 2 is 1.80 bits per heavy atom. The summed E-state index contributed by atoms with van der Waals surface area (Å²) in [5, 5.41) is 6.55. The molecule has 0 spiro atoms. The number of benzene rings is 2. The first-order chi connectivity index (χ1) is 14.3. The molecule has 2 rings (SSSR count). The second-order valence-electron chi connectivity index (χ2n) is 6.42. The van der Waals surface area contributed by atoms with Crippen LogP contribution in [-0.2, 0) is 9.59 Å². The monoisotopic (exact) mass is 525 g/mol. The van der Waals surface area contributed by atoms with E-state index in [9.17, 15) is 9.59 Å². The van der Waals surface area contributed by atoms with E-state index >= 15 is 0 Å².